The first-order valence-corrected chi connectivity index (χ1v) is 8.37. The third kappa shape index (κ3) is 5.57. The number of nitrogens with one attached hydrogen (secondary N) is 1. The molecule has 142 valence electrons. The molecule has 0 aromatic heterocycles. The van der Waals surface area contributed by atoms with Crippen LogP contribution < -0.4 is 15.8 Å². The zero-order chi connectivity index (χ0) is 20.0. The van der Waals surface area contributed by atoms with Crippen molar-refractivity contribution in [2.24, 2.45) is 11.7 Å². The van der Waals surface area contributed by atoms with E-state index in [9.17, 15) is 14.4 Å². The fraction of sp³-hybridized carbons (Fsp3) is 0.250. The molecular formula is C20H22N2O5. The number of ether oxygens (including phenoxy) is 2. The third-order valence-corrected chi connectivity index (χ3v) is 3.84. The van der Waals surface area contributed by atoms with Gasteiger partial charge in [-0.1, -0.05) is 32.0 Å². The van der Waals surface area contributed by atoms with Gasteiger partial charge in [0.05, 0.1) is 7.11 Å². The molecule has 0 radical (unpaired) electrons. The lowest BCUT2D eigenvalue weighted by Crippen LogP contribution is -2.45. The van der Waals surface area contributed by atoms with Gasteiger partial charge in [0.1, 0.15) is 5.75 Å². The van der Waals surface area contributed by atoms with Crippen LogP contribution in [0.15, 0.2) is 42.5 Å². The topological polar surface area (TPSA) is 108 Å². The van der Waals surface area contributed by atoms with Gasteiger partial charge in [0.2, 0.25) is 0 Å². The summed E-state index contributed by atoms with van der Waals surface area (Å²) in [5.41, 5.74) is 5.73. The maximum Gasteiger partial charge on any atom is 0.331 e. The second kappa shape index (κ2) is 8.84. The maximum atomic E-state index is 12.0. The molecule has 0 bridgehead atoms. The molecule has 27 heavy (non-hydrogen) atoms. The number of urea groups is 1. The molecule has 1 atom stereocenters. The van der Waals surface area contributed by atoms with Gasteiger partial charge in [-0.3, -0.25) is 10.1 Å². The van der Waals surface area contributed by atoms with Crippen LogP contribution in [-0.2, 0) is 14.3 Å². The number of fused-ring (bicyclic) bond motifs is 1. The maximum absolute atomic E-state index is 12.0. The SMILES string of the molecule is COc1ccc2cc(/C=C/C(=O)O[C@@H](C(=O)NC(N)=O)C(C)C)ccc2c1. The molecule has 2 aromatic carbocycles. The van der Waals surface area contributed by atoms with Crippen molar-refractivity contribution >= 4 is 34.8 Å². The Morgan fingerprint density at radius 3 is 2.37 bits per heavy atom. The molecule has 2 rings (SSSR count). The number of primary amides is 1. The third-order valence-electron chi connectivity index (χ3n) is 3.84. The number of hydrogen-bond donors (Lipinski definition) is 2. The van der Waals surface area contributed by atoms with Crippen LogP contribution in [0.5, 0.6) is 5.75 Å². The molecule has 7 nitrogen and oxygen atoms in total. The molecule has 7 heteroatoms. The van der Waals surface area contributed by atoms with Crippen molar-refractivity contribution in [3.63, 3.8) is 0 Å². The number of benzene rings is 2. The Kier molecular flexibility index (Phi) is 6.54. The van der Waals surface area contributed by atoms with E-state index in [0.29, 0.717) is 0 Å². The molecule has 0 spiro atoms. The van der Waals surface area contributed by atoms with Crippen LogP contribution in [0.1, 0.15) is 19.4 Å². The van der Waals surface area contributed by atoms with Crippen molar-refractivity contribution in [1.82, 2.24) is 5.32 Å². The van der Waals surface area contributed by atoms with Crippen molar-refractivity contribution in [2.45, 2.75) is 20.0 Å². The molecule has 0 saturated carbocycles. The second-order valence-electron chi connectivity index (χ2n) is 6.26. The van der Waals surface area contributed by atoms with E-state index in [1.54, 1.807) is 27.0 Å². The molecule has 0 aliphatic heterocycles. The Hall–Kier alpha value is -3.35. The fourth-order valence-corrected chi connectivity index (χ4v) is 2.49. The van der Waals surface area contributed by atoms with Crippen LogP contribution in [0.25, 0.3) is 16.8 Å². The average Bonchev–Trinajstić information content (AvgIpc) is 2.62. The number of hydrogen-bond acceptors (Lipinski definition) is 5. The molecule has 0 fully saturated rings. The largest absolute Gasteiger partial charge is 0.497 e. The van der Waals surface area contributed by atoms with E-state index >= 15 is 0 Å². The minimum atomic E-state index is -1.11. The lowest BCUT2D eigenvalue weighted by atomic mass is 10.1. The molecule has 2 aromatic rings. The zero-order valence-electron chi connectivity index (χ0n) is 15.4. The van der Waals surface area contributed by atoms with E-state index in [1.165, 1.54) is 6.08 Å². The zero-order valence-corrected chi connectivity index (χ0v) is 15.4. The summed E-state index contributed by atoms with van der Waals surface area (Å²) in [6.07, 6.45) is 1.71. The van der Waals surface area contributed by atoms with Gasteiger partial charge in [-0.2, -0.15) is 0 Å². The van der Waals surface area contributed by atoms with Gasteiger partial charge in [-0.15, -0.1) is 0 Å². The van der Waals surface area contributed by atoms with Crippen LogP contribution >= 0.6 is 0 Å². The Morgan fingerprint density at radius 2 is 1.74 bits per heavy atom. The summed E-state index contributed by atoms with van der Waals surface area (Å²) in [7, 11) is 1.61. The number of methoxy groups -OCH3 is 1. The summed E-state index contributed by atoms with van der Waals surface area (Å²) in [6.45, 7) is 3.39. The normalized spacial score (nSPS) is 12.1. The number of nitrogens with two attached hydrogens (primary N) is 1. The van der Waals surface area contributed by atoms with Crippen molar-refractivity contribution < 1.29 is 23.9 Å². The van der Waals surface area contributed by atoms with E-state index < -0.39 is 24.0 Å². The number of imide groups is 1. The summed E-state index contributed by atoms with van der Waals surface area (Å²) in [5, 5.41) is 3.93. The first-order chi connectivity index (χ1) is 12.8. The van der Waals surface area contributed by atoms with Gasteiger partial charge in [-0.05, 0) is 46.5 Å². The van der Waals surface area contributed by atoms with E-state index in [0.717, 1.165) is 22.1 Å². The second-order valence-corrected chi connectivity index (χ2v) is 6.26. The van der Waals surface area contributed by atoms with Crippen LogP contribution in [0.3, 0.4) is 0 Å². The van der Waals surface area contributed by atoms with Gasteiger partial charge in [0.15, 0.2) is 6.10 Å². The van der Waals surface area contributed by atoms with Crippen LogP contribution in [0.4, 0.5) is 4.79 Å². The molecular weight excluding hydrogens is 348 g/mol. The molecule has 3 amide bonds. The average molecular weight is 370 g/mol. The Balaban J connectivity index is 2.09. The summed E-state index contributed by atoms with van der Waals surface area (Å²) < 4.78 is 10.3. The monoisotopic (exact) mass is 370 g/mol. The minimum absolute atomic E-state index is 0.322. The lowest BCUT2D eigenvalue weighted by Gasteiger charge is -2.18. The van der Waals surface area contributed by atoms with Gasteiger partial charge < -0.3 is 15.2 Å². The van der Waals surface area contributed by atoms with Crippen molar-refractivity contribution in [1.29, 1.82) is 0 Å². The number of carbonyl (C=O) groups excluding carboxylic acids is 3. The van der Waals surface area contributed by atoms with Crippen LogP contribution in [0, 0.1) is 5.92 Å². The molecule has 3 N–H and O–H groups in total. The predicted molar refractivity (Wildman–Crippen MR) is 102 cm³/mol. The first kappa shape index (κ1) is 20.0. The number of carbonyl (C=O) groups is 3. The highest BCUT2D eigenvalue weighted by atomic mass is 16.5. The number of rotatable bonds is 6. The Labute approximate surface area is 157 Å². The highest BCUT2D eigenvalue weighted by Gasteiger charge is 2.26. The minimum Gasteiger partial charge on any atom is -0.497 e. The molecule has 0 aliphatic rings. The highest BCUT2D eigenvalue weighted by molar-refractivity contribution is 5.98. The Bertz CT molecular complexity index is 889. The summed E-state index contributed by atoms with van der Waals surface area (Å²) >= 11 is 0. The van der Waals surface area contributed by atoms with Crippen LogP contribution in [-0.4, -0.2) is 31.1 Å². The van der Waals surface area contributed by atoms with Gasteiger partial charge in [0.25, 0.3) is 5.91 Å². The Morgan fingerprint density at radius 1 is 1.07 bits per heavy atom. The highest BCUT2D eigenvalue weighted by Crippen LogP contribution is 2.22. The molecule has 0 heterocycles. The van der Waals surface area contributed by atoms with E-state index in [4.69, 9.17) is 15.2 Å². The van der Waals surface area contributed by atoms with Gasteiger partial charge >= 0.3 is 12.0 Å². The fourth-order valence-electron chi connectivity index (χ4n) is 2.49. The van der Waals surface area contributed by atoms with Crippen molar-refractivity contribution in [2.75, 3.05) is 7.11 Å². The van der Waals surface area contributed by atoms with Crippen LogP contribution in [0.2, 0.25) is 0 Å². The van der Waals surface area contributed by atoms with E-state index in [1.807, 2.05) is 41.7 Å². The summed E-state index contributed by atoms with van der Waals surface area (Å²) in [6, 6.07) is 10.4. The van der Waals surface area contributed by atoms with Crippen molar-refractivity contribution in [3.05, 3.63) is 48.0 Å². The van der Waals surface area contributed by atoms with E-state index in [2.05, 4.69) is 0 Å². The quantitative estimate of drug-likeness (QED) is 0.600. The number of amides is 3. The molecule has 0 saturated heterocycles. The molecule has 0 unspecified atom stereocenters. The summed E-state index contributed by atoms with van der Waals surface area (Å²) in [5.74, 6) is -0.997. The van der Waals surface area contributed by atoms with Crippen molar-refractivity contribution in [3.8, 4) is 5.75 Å². The van der Waals surface area contributed by atoms with Gasteiger partial charge in [-0.25, -0.2) is 9.59 Å². The lowest BCUT2D eigenvalue weighted by molar-refractivity contribution is -0.153. The predicted octanol–water partition coefficient (Wildman–Crippen LogP) is 2.62. The number of esters is 1. The van der Waals surface area contributed by atoms with E-state index in [-0.39, 0.29) is 5.92 Å². The summed E-state index contributed by atoms with van der Waals surface area (Å²) in [4.78, 5) is 34.7. The standard InChI is InChI=1S/C20H22N2O5/c1-12(2)18(19(24)22-20(21)25)27-17(23)9-5-13-4-6-15-11-16(26-3)8-7-14(15)10-13/h4-12,18H,1-3H3,(H3,21,22,24,25)/b9-5+/t18-/m1/s1. The smallest absolute Gasteiger partial charge is 0.331 e. The van der Waals surface area contributed by atoms with Gasteiger partial charge in [0, 0.05) is 6.08 Å². The first-order valence-electron chi connectivity index (χ1n) is 8.37. The molecule has 0 aliphatic carbocycles.